The van der Waals surface area contributed by atoms with Crippen LogP contribution in [0.3, 0.4) is 0 Å². The molecule has 1 unspecified atom stereocenters. The van der Waals surface area contributed by atoms with Crippen molar-refractivity contribution in [2.75, 3.05) is 46.1 Å². The molecule has 3 aromatic carbocycles. The van der Waals surface area contributed by atoms with Crippen molar-refractivity contribution in [3.8, 4) is 17.2 Å². The Morgan fingerprint density at radius 3 is 2.18 bits per heavy atom. The van der Waals surface area contributed by atoms with Gasteiger partial charge in [-0.15, -0.1) is 24.8 Å². The topological polar surface area (TPSA) is 34.2 Å². The molecule has 7 heteroatoms. The van der Waals surface area contributed by atoms with Crippen LogP contribution in [0.25, 0.3) is 0 Å². The van der Waals surface area contributed by atoms with E-state index in [0.717, 1.165) is 56.4 Å². The number of hydrogen-bond donors (Lipinski definition) is 0. The van der Waals surface area contributed by atoms with Crippen molar-refractivity contribution < 1.29 is 14.2 Å². The summed E-state index contributed by atoms with van der Waals surface area (Å²) in [4.78, 5) is 5.13. The second-order valence-corrected chi connectivity index (χ2v) is 8.36. The zero-order valence-electron chi connectivity index (χ0n) is 19.2. The maximum atomic E-state index is 5.97. The van der Waals surface area contributed by atoms with E-state index in [0.29, 0.717) is 12.6 Å². The van der Waals surface area contributed by atoms with E-state index < -0.39 is 0 Å². The lowest BCUT2D eigenvalue weighted by atomic mass is 9.96. The number of hydrogen-bond acceptors (Lipinski definition) is 5. The van der Waals surface area contributed by atoms with E-state index in [1.54, 1.807) is 0 Å². The van der Waals surface area contributed by atoms with Crippen molar-refractivity contribution in [2.45, 2.75) is 12.5 Å². The van der Waals surface area contributed by atoms with Gasteiger partial charge in [-0.25, -0.2) is 0 Å². The molecule has 0 aliphatic carbocycles. The lowest BCUT2D eigenvalue weighted by Gasteiger charge is -2.39. The molecule has 1 atom stereocenters. The lowest BCUT2D eigenvalue weighted by Crippen LogP contribution is -2.48. The molecule has 1 saturated heterocycles. The normalized spacial score (nSPS) is 16.2. The van der Waals surface area contributed by atoms with E-state index in [1.165, 1.54) is 11.1 Å². The molecular weight excluding hydrogens is 471 g/mol. The SMILES string of the molecule is Cl.Cl.c1ccc(CC(c2ccccc2)N2CCN(CCOc3ccc4c(c3)OCO4)CC2)cc1. The number of ether oxygens (including phenoxy) is 3. The highest BCUT2D eigenvalue weighted by Crippen LogP contribution is 2.35. The first kappa shape index (κ1) is 26.2. The predicted octanol–water partition coefficient (Wildman–Crippen LogP) is 5.24. The molecule has 0 amide bonds. The van der Waals surface area contributed by atoms with Gasteiger partial charge in [0.05, 0.1) is 0 Å². The molecule has 0 radical (unpaired) electrons. The van der Waals surface area contributed by atoms with Gasteiger partial charge < -0.3 is 14.2 Å². The third kappa shape index (κ3) is 6.57. The Morgan fingerprint density at radius 1 is 0.765 bits per heavy atom. The largest absolute Gasteiger partial charge is 0.492 e. The van der Waals surface area contributed by atoms with Crippen LogP contribution < -0.4 is 14.2 Å². The summed E-state index contributed by atoms with van der Waals surface area (Å²) in [6, 6.07) is 27.9. The molecule has 2 aliphatic rings. The van der Waals surface area contributed by atoms with Gasteiger partial charge in [0.25, 0.3) is 0 Å². The standard InChI is InChI=1S/C27H30N2O3.2ClH/c1-3-7-22(8-4-1)19-25(23-9-5-2-6-10-23)29-15-13-28(14-16-29)17-18-30-24-11-12-26-27(20-24)32-21-31-26;;/h1-12,20,25H,13-19,21H2;2*1H. The monoisotopic (exact) mass is 502 g/mol. The lowest BCUT2D eigenvalue weighted by molar-refractivity contribution is 0.0858. The third-order valence-corrected chi connectivity index (χ3v) is 6.32. The van der Waals surface area contributed by atoms with Crippen molar-refractivity contribution in [1.29, 1.82) is 0 Å². The molecule has 0 saturated carbocycles. The molecule has 2 heterocycles. The Balaban J connectivity index is 0.00000162. The van der Waals surface area contributed by atoms with E-state index in [4.69, 9.17) is 14.2 Å². The molecule has 3 aromatic rings. The number of rotatable bonds is 8. The Morgan fingerprint density at radius 2 is 1.44 bits per heavy atom. The minimum atomic E-state index is 0. The summed E-state index contributed by atoms with van der Waals surface area (Å²) in [6.45, 7) is 6.14. The van der Waals surface area contributed by atoms with Crippen LogP contribution in [0, 0.1) is 0 Å². The average molecular weight is 503 g/mol. The van der Waals surface area contributed by atoms with Crippen LogP contribution in [0.4, 0.5) is 0 Å². The van der Waals surface area contributed by atoms with Crippen LogP contribution in [-0.4, -0.2) is 55.9 Å². The highest BCUT2D eigenvalue weighted by molar-refractivity contribution is 5.85. The van der Waals surface area contributed by atoms with E-state index in [2.05, 4.69) is 70.5 Å². The smallest absolute Gasteiger partial charge is 0.231 e. The molecule has 182 valence electrons. The maximum Gasteiger partial charge on any atom is 0.231 e. The summed E-state index contributed by atoms with van der Waals surface area (Å²) in [5, 5.41) is 0. The van der Waals surface area contributed by atoms with Gasteiger partial charge in [-0.2, -0.15) is 0 Å². The third-order valence-electron chi connectivity index (χ3n) is 6.32. The van der Waals surface area contributed by atoms with Crippen LogP contribution in [0.15, 0.2) is 78.9 Å². The van der Waals surface area contributed by atoms with E-state index >= 15 is 0 Å². The van der Waals surface area contributed by atoms with Gasteiger partial charge in [0.2, 0.25) is 6.79 Å². The summed E-state index contributed by atoms with van der Waals surface area (Å²) >= 11 is 0. The van der Waals surface area contributed by atoms with Crippen LogP contribution in [-0.2, 0) is 6.42 Å². The van der Waals surface area contributed by atoms with E-state index in [-0.39, 0.29) is 31.6 Å². The first-order valence-electron chi connectivity index (χ1n) is 11.4. The fourth-order valence-corrected chi connectivity index (χ4v) is 4.53. The molecule has 0 aromatic heterocycles. The summed E-state index contributed by atoms with van der Waals surface area (Å²) < 4.78 is 16.8. The molecule has 34 heavy (non-hydrogen) atoms. The van der Waals surface area contributed by atoms with Gasteiger partial charge in [-0.3, -0.25) is 9.80 Å². The van der Waals surface area contributed by atoms with E-state index in [1.807, 2.05) is 18.2 Å². The van der Waals surface area contributed by atoms with E-state index in [9.17, 15) is 0 Å². The quantitative estimate of drug-likeness (QED) is 0.420. The Hall–Kier alpha value is -2.44. The first-order valence-corrected chi connectivity index (χ1v) is 11.4. The zero-order valence-corrected chi connectivity index (χ0v) is 20.8. The number of fused-ring (bicyclic) bond motifs is 1. The molecule has 0 spiro atoms. The molecule has 2 aliphatic heterocycles. The van der Waals surface area contributed by atoms with Gasteiger partial charge in [0.1, 0.15) is 12.4 Å². The number of benzene rings is 3. The van der Waals surface area contributed by atoms with Crippen LogP contribution in [0.2, 0.25) is 0 Å². The minimum Gasteiger partial charge on any atom is -0.492 e. The van der Waals surface area contributed by atoms with Gasteiger partial charge in [-0.1, -0.05) is 60.7 Å². The fraction of sp³-hybridized carbons (Fsp3) is 0.333. The zero-order chi connectivity index (χ0) is 21.6. The van der Waals surface area contributed by atoms with Gasteiger partial charge in [0.15, 0.2) is 11.5 Å². The Labute approximate surface area is 214 Å². The highest BCUT2D eigenvalue weighted by atomic mass is 35.5. The molecule has 0 N–H and O–H groups in total. The second kappa shape index (κ2) is 12.9. The molecule has 1 fully saturated rings. The van der Waals surface area contributed by atoms with Crippen LogP contribution >= 0.6 is 24.8 Å². The average Bonchev–Trinajstić information content (AvgIpc) is 3.32. The summed E-state index contributed by atoms with van der Waals surface area (Å²) in [7, 11) is 0. The minimum absolute atomic E-state index is 0. The van der Waals surface area contributed by atoms with Crippen LogP contribution in [0.5, 0.6) is 17.2 Å². The van der Waals surface area contributed by atoms with Crippen molar-refractivity contribution in [2.24, 2.45) is 0 Å². The predicted molar refractivity (Wildman–Crippen MR) is 140 cm³/mol. The number of nitrogens with zero attached hydrogens (tertiary/aromatic N) is 2. The van der Waals surface area contributed by atoms with Gasteiger partial charge in [0, 0.05) is 44.8 Å². The fourth-order valence-electron chi connectivity index (χ4n) is 4.53. The first-order chi connectivity index (χ1) is 15.8. The number of halogens is 2. The van der Waals surface area contributed by atoms with Crippen LogP contribution in [0.1, 0.15) is 17.2 Å². The summed E-state index contributed by atoms with van der Waals surface area (Å²) in [6.07, 6.45) is 1.04. The highest BCUT2D eigenvalue weighted by Gasteiger charge is 2.25. The van der Waals surface area contributed by atoms with Crippen molar-refractivity contribution in [3.05, 3.63) is 90.0 Å². The van der Waals surface area contributed by atoms with Crippen molar-refractivity contribution in [3.63, 3.8) is 0 Å². The Kier molecular flexibility index (Phi) is 9.90. The molecule has 0 bridgehead atoms. The molecule has 5 rings (SSSR count). The molecule has 5 nitrogen and oxygen atoms in total. The van der Waals surface area contributed by atoms with Gasteiger partial charge in [-0.05, 0) is 29.7 Å². The summed E-state index contributed by atoms with van der Waals surface area (Å²) in [5.41, 5.74) is 2.79. The maximum absolute atomic E-state index is 5.97. The molecular formula is C27H32Cl2N2O3. The van der Waals surface area contributed by atoms with Crippen molar-refractivity contribution >= 4 is 24.8 Å². The second-order valence-electron chi connectivity index (χ2n) is 8.36. The Bertz CT molecular complexity index is 999. The summed E-state index contributed by atoms with van der Waals surface area (Å²) in [5.74, 6) is 2.39. The van der Waals surface area contributed by atoms with Gasteiger partial charge >= 0.3 is 0 Å². The van der Waals surface area contributed by atoms with Crippen molar-refractivity contribution in [1.82, 2.24) is 9.80 Å². The number of piperazine rings is 1.